The smallest absolute Gasteiger partial charge is 0.337 e. The Balaban J connectivity index is 1.85. The van der Waals surface area contributed by atoms with Crippen LogP contribution in [-0.4, -0.2) is 30.1 Å². The van der Waals surface area contributed by atoms with Crippen LogP contribution in [0.3, 0.4) is 0 Å². The first-order valence-electron chi connectivity index (χ1n) is 11.4. The van der Waals surface area contributed by atoms with Gasteiger partial charge in [0.25, 0.3) is 0 Å². The molecular formula is C27H27BrClNO5. The zero-order valence-electron chi connectivity index (χ0n) is 19.9. The van der Waals surface area contributed by atoms with Crippen LogP contribution in [0.2, 0.25) is 5.02 Å². The summed E-state index contributed by atoms with van der Waals surface area (Å²) in [7, 11) is 1.45. The van der Waals surface area contributed by atoms with Crippen molar-refractivity contribution in [2.24, 2.45) is 0 Å². The van der Waals surface area contributed by atoms with Gasteiger partial charge in [-0.15, -0.1) is 0 Å². The number of hydrogen-bond acceptors (Lipinski definition) is 6. The molecule has 0 saturated carbocycles. The van der Waals surface area contributed by atoms with E-state index < -0.39 is 11.9 Å². The molecule has 6 nitrogen and oxygen atoms in total. The summed E-state index contributed by atoms with van der Waals surface area (Å²) in [5.41, 5.74) is 4.01. The first kappa shape index (κ1) is 25.3. The molecular weight excluding hydrogens is 534 g/mol. The molecule has 0 amide bonds. The third-order valence-corrected chi connectivity index (χ3v) is 7.19. The molecule has 0 unspecified atom stereocenters. The minimum absolute atomic E-state index is 0.00952. The van der Waals surface area contributed by atoms with E-state index in [-0.39, 0.29) is 29.3 Å². The molecule has 2 aromatic carbocycles. The molecule has 1 heterocycles. The van der Waals surface area contributed by atoms with Crippen molar-refractivity contribution in [2.75, 3.05) is 7.11 Å². The van der Waals surface area contributed by atoms with Gasteiger partial charge >= 0.3 is 5.97 Å². The summed E-state index contributed by atoms with van der Waals surface area (Å²) in [4.78, 5) is 26.9. The van der Waals surface area contributed by atoms with E-state index in [9.17, 15) is 14.7 Å². The number of dihydropyridines is 1. The number of Topliss-reactive ketones (excluding diaryl/α,β-unsaturated/α-hetero) is 1. The van der Waals surface area contributed by atoms with Gasteiger partial charge in [0, 0.05) is 34.3 Å². The molecule has 2 N–H and O–H groups in total. The molecule has 2 atom stereocenters. The molecule has 8 heteroatoms. The highest BCUT2D eigenvalue weighted by molar-refractivity contribution is 9.10. The number of benzene rings is 2. The maximum absolute atomic E-state index is 13.7. The lowest BCUT2D eigenvalue weighted by atomic mass is 9.71. The molecule has 1 aliphatic carbocycles. The number of hydrogen-bond donors (Lipinski definition) is 2. The minimum atomic E-state index is -0.665. The summed E-state index contributed by atoms with van der Waals surface area (Å²) in [5, 5.41) is 14.3. The van der Waals surface area contributed by atoms with Crippen molar-refractivity contribution < 1.29 is 24.2 Å². The van der Waals surface area contributed by atoms with E-state index in [0.29, 0.717) is 44.7 Å². The molecule has 184 valence electrons. The predicted octanol–water partition coefficient (Wildman–Crippen LogP) is 6.13. The van der Waals surface area contributed by atoms with Crippen LogP contribution in [0.4, 0.5) is 0 Å². The van der Waals surface area contributed by atoms with Gasteiger partial charge in [-0.1, -0.05) is 23.7 Å². The van der Waals surface area contributed by atoms with E-state index in [2.05, 4.69) is 21.2 Å². The van der Waals surface area contributed by atoms with Crippen molar-refractivity contribution in [2.45, 2.75) is 51.6 Å². The number of rotatable bonds is 5. The fraction of sp³-hybridized carbons (Fsp3) is 0.333. The van der Waals surface area contributed by atoms with Gasteiger partial charge in [-0.2, -0.15) is 0 Å². The number of allylic oxidation sites excluding steroid dienone is 3. The summed E-state index contributed by atoms with van der Waals surface area (Å²) < 4.78 is 11.3. The normalized spacial score (nSPS) is 20.0. The number of phenolic OH excluding ortho intramolecular Hbond substituents is 1. The van der Waals surface area contributed by atoms with Crippen molar-refractivity contribution in [1.82, 2.24) is 5.32 Å². The van der Waals surface area contributed by atoms with E-state index in [1.54, 1.807) is 26.0 Å². The number of carbonyl (C=O) groups is 2. The monoisotopic (exact) mass is 559 g/mol. The lowest BCUT2D eigenvalue weighted by molar-refractivity contribution is -0.143. The van der Waals surface area contributed by atoms with Crippen LogP contribution < -0.4 is 10.1 Å². The second kappa shape index (κ2) is 10.1. The molecule has 2 aromatic rings. The number of phenols is 1. The number of nitrogens with one attached hydrogen (secondary N) is 1. The highest BCUT2D eigenvalue weighted by Gasteiger charge is 2.42. The summed E-state index contributed by atoms with van der Waals surface area (Å²) in [6.45, 7) is 5.38. The van der Waals surface area contributed by atoms with Crippen LogP contribution in [-0.2, 0) is 14.3 Å². The summed E-state index contributed by atoms with van der Waals surface area (Å²) in [5.74, 6) is -1.02. The molecule has 4 rings (SSSR count). The Labute approximate surface area is 218 Å². The quantitative estimate of drug-likeness (QED) is 0.428. The average molecular weight is 561 g/mol. The zero-order chi connectivity index (χ0) is 25.4. The fourth-order valence-corrected chi connectivity index (χ4v) is 5.39. The Morgan fingerprint density at radius 2 is 1.86 bits per heavy atom. The molecule has 0 radical (unpaired) electrons. The highest BCUT2D eigenvalue weighted by Crippen LogP contribution is 2.48. The van der Waals surface area contributed by atoms with E-state index in [4.69, 9.17) is 21.1 Å². The number of esters is 1. The van der Waals surface area contributed by atoms with Gasteiger partial charge in [0.2, 0.25) is 0 Å². The number of aromatic hydroxyl groups is 1. The van der Waals surface area contributed by atoms with Gasteiger partial charge in [-0.05, 0) is 84.4 Å². The Kier molecular flexibility index (Phi) is 7.29. The third kappa shape index (κ3) is 4.98. The van der Waals surface area contributed by atoms with E-state index in [1.165, 1.54) is 7.11 Å². The lowest BCUT2D eigenvalue weighted by Crippen LogP contribution is -2.36. The number of halogens is 2. The lowest BCUT2D eigenvalue weighted by Gasteiger charge is -2.37. The van der Waals surface area contributed by atoms with Crippen LogP contribution in [0.1, 0.15) is 56.6 Å². The second-order valence-corrected chi connectivity index (χ2v) is 10.4. The van der Waals surface area contributed by atoms with Crippen molar-refractivity contribution in [3.63, 3.8) is 0 Å². The maximum atomic E-state index is 13.7. The summed E-state index contributed by atoms with van der Waals surface area (Å²) in [6.07, 6.45) is 0.594. The zero-order valence-corrected chi connectivity index (χ0v) is 22.3. The first-order chi connectivity index (χ1) is 16.6. The van der Waals surface area contributed by atoms with Gasteiger partial charge in [0.15, 0.2) is 17.3 Å². The number of ketones is 1. The molecule has 0 saturated heterocycles. The van der Waals surface area contributed by atoms with Crippen LogP contribution in [0.15, 0.2) is 63.4 Å². The number of carbonyl (C=O) groups excluding carboxylic acids is 2. The van der Waals surface area contributed by atoms with Crippen LogP contribution in [0, 0.1) is 0 Å². The first-order valence-corrected chi connectivity index (χ1v) is 12.5. The third-order valence-electron chi connectivity index (χ3n) is 6.34. The largest absolute Gasteiger partial charge is 0.503 e. The van der Waals surface area contributed by atoms with Gasteiger partial charge in [-0.3, -0.25) is 4.79 Å². The second-order valence-electron chi connectivity index (χ2n) is 9.08. The SMILES string of the molecule is COc1cc([C@H]2C(C(=O)OC(C)C)=C(C)NC3=C2C(=O)C[C@@H](c2ccc(Cl)cc2)C3)cc(Br)c1O. The Morgan fingerprint density at radius 1 is 1.17 bits per heavy atom. The van der Waals surface area contributed by atoms with E-state index in [1.807, 2.05) is 31.2 Å². The predicted molar refractivity (Wildman–Crippen MR) is 138 cm³/mol. The van der Waals surface area contributed by atoms with Crippen LogP contribution in [0.5, 0.6) is 11.5 Å². The highest BCUT2D eigenvalue weighted by atomic mass is 79.9. The van der Waals surface area contributed by atoms with Gasteiger partial charge in [0.1, 0.15) is 0 Å². The summed E-state index contributed by atoms with van der Waals surface area (Å²) in [6, 6.07) is 10.9. The molecule has 2 aliphatic rings. The van der Waals surface area contributed by atoms with Crippen LogP contribution >= 0.6 is 27.5 Å². The Bertz CT molecular complexity index is 1250. The number of methoxy groups -OCH3 is 1. The topological polar surface area (TPSA) is 84.9 Å². The molecule has 0 fully saturated rings. The van der Waals surface area contributed by atoms with E-state index in [0.717, 1.165) is 11.3 Å². The van der Waals surface area contributed by atoms with Crippen LogP contribution in [0.25, 0.3) is 0 Å². The number of ether oxygens (including phenoxy) is 2. The summed E-state index contributed by atoms with van der Waals surface area (Å²) >= 11 is 9.43. The Morgan fingerprint density at radius 3 is 2.49 bits per heavy atom. The van der Waals surface area contributed by atoms with Crippen molar-refractivity contribution in [3.05, 3.63) is 79.6 Å². The molecule has 35 heavy (non-hydrogen) atoms. The van der Waals surface area contributed by atoms with Gasteiger partial charge in [-0.25, -0.2) is 4.79 Å². The van der Waals surface area contributed by atoms with Crippen molar-refractivity contribution in [1.29, 1.82) is 0 Å². The maximum Gasteiger partial charge on any atom is 0.337 e. The van der Waals surface area contributed by atoms with Crippen molar-refractivity contribution in [3.8, 4) is 11.5 Å². The van der Waals surface area contributed by atoms with Crippen molar-refractivity contribution >= 4 is 39.3 Å². The fourth-order valence-electron chi connectivity index (χ4n) is 4.81. The minimum Gasteiger partial charge on any atom is -0.503 e. The standard InChI is InChI=1S/C27H27BrClNO5/c1-13(2)35-27(33)23-14(3)30-20-10-16(15-5-7-18(29)8-6-15)11-21(31)25(20)24(23)17-9-19(28)26(32)22(12-17)34-4/h5-9,12-13,16,24,30,32H,10-11H2,1-4H3/t16-,24-/m0/s1. The van der Waals surface area contributed by atoms with Gasteiger partial charge in [0.05, 0.1) is 23.3 Å². The molecule has 1 aliphatic heterocycles. The van der Waals surface area contributed by atoms with E-state index >= 15 is 0 Å². The average Bonchev–Trinajstić information content (AvgIpc) is 2.79. The van der Waals surface area contributed by atoms with Gasteiger partial charge < -0.3 is 19.9 Å². The Hall–Kier alpha value is -2.77. The molecule has 0 bridgehead atoms. The molecule has 0 aromatic heterocycles. The molecule has 0 spiro atoms.